The summed E-state index contributed by atoms with van der Waals surface area (Å²) >= 11 is 0. The number of benzene rings is 1. The Morgan fingerprint density at radius 2 is 1.83 bits per heavy atom. The highest BCUT2D eigenvalue weighted by molar-refractivity contribution is 7.91. The molecular formula is C34H45FN4O7S. The Labute approximate surface area is 275 Å². The van der Waals surface area contributed by atoms with Gasteiger partial charge in [-0.05, 0) is 55.9 Å². The van der Waals surface area contributed by atoms with Crippen LogP contribution in [-0.4, -0.2) is 78.8 Å². The average Bonchev–Trinajstić information content (AvgIpc) is 3.94. The number of rotatable bonds is 7. The maximum atomic E-state index is 14.1. The van der Waals surface area contributed by atoms with Gasteiger partial charge in [-0.25, -0.2) is 17.8 Å². The fourth-order valence-electron chi connectivity index (χ4n) is 7.55. The highest BCUT2D eigenvalue weighted by Gasteiger charge is 2.64. The molecule has 6 rings (SSSR count). The topological polar surface area (TPSA) is 144 Å². The Morgan fingerprint density at radius 3 is 2.53 bits per heavy atom. The van der Waals surface area contributed by atoms with E-state index in [1.807, 2.05) is 24.3 Å². The number of nitrogens with one attached hydrogen (secondary N) is 2. The van der Waals surface area contributed by atoms with Gasteiger partial charge in [0.05, 0.1) is 19.9 Å². The fourth-order valence-corrected chi connectivity index (χ4v) is 8.98. The highest BCUT2D eigenvalue weighted by Crippen LogP contribution is 2.49. The first-order chi connectivity index (χ1) is 22.4. The number of ether oxygens (including phenoxy) is 2. The SMILES string of the molecule is COc1cnc(OC2CC3C(=O)NC4(C(=O)NS(=O)(=O)C5(CF)CC5)CC4CCCCC(C)CC(C)CC(=O)N3C2)c2ccccc12. The molecule has 6 unspecified atom stereocenters. The van der Waals surface area contributed by atoms with Crippen molar-refractivity contribution >= 4 is 38.5 Å². The molecule has 13 heteroatoms. The van der Waals surface area contributed by atoms with Gasteiger partial charge in [-0.15, -0.1) is 0 Å². The summed E-state index contributed by atoms with van der Waals surface area (Å²) in [6.07, 6.45) is 6.23. The molecule has 1 aromatic heterocycles. The number of methoxy groups -OCH3 is 1. The van der Waals surface area contributed by atoms with E-state index in [0.29, 0.717) is 24.0 Å². The number of fused-ring (bicyclic) bond motifs is 3. The molecule has 2 saturated carbocycles. The van der Waals surface area contributed by atoms with Crippen molar-refractivity contribution in [2.45, 2.75) is 100 Å². The molecule has 2 saturated heterocycles. The predicted octanol–water partition coefficient (Wildman–Crippen LogP) is 4.04. The Bertz CT molecular complexity index is 1650. The summed E-state index contributed by atoms with van der Waals surface area (Å²) in [6, 6.07) is 6.58. The molecule has 2 N–H and O–H groups in total. The molecule has 0 radical (unpaired) electrons. The van der Waals surface area contributed by atoms with Crippen LogP contribution in [0.15, 0.2) is 30.5 Å². The minimum Gasteiger partial charge on any atom is -0.494 e. The summed E-state index contributed by atoms with van der Waals surface area (Å²) < 4.78 is 52.1. The number of halogens is 1. The number of nitrogens with zero attached hydrogens (tertiary/aromatic N) is 2. The van der Waals surface area contributed by atoms with E-state index in [2.05, 4.69) is 28.9 Å². The maximum Gasteiger partial charge on any atom is 0.259 e. The first-order valence-corrected chi connectivity index (χ1v) is 18.2. The van der Waals surface area contributed by atoms with Crippen molar-refractivity contribution in [1.29, 1.82) is 0 Å². The molecule has 3 heterocycles. The van der Waals surface area contributed by atoms with E-state index in [1.165, 1.54) is 4.90 Å². The molecule has 6 atom stereocenters. The Hall–Kier alpha value is -3.48. The molecule has 2 aromatic rings. The number of alkyl halides is 1. The smallest absolute Gasteiger partial charge is 0.259 e. The molecule has 2 aliphatic carbocycles. The molecule has 11 nitrogen and oxygen atoms in total. The lowest BCUT2D eigenvalue weighted by atomic mass is 9.90. The molecule has 4 fully saturated rings. The lowest BCUT2D eigenvalue weighted by Gasteiger charge is -2.28. The van der Waals surface area contributed by atoms with Crippen LogP contribution in [0.4, 0.5) is 4.39 Å². The number of carbonyl (C=O) groups excluding carboxylic acids is 3. The summed E-state index contributed by atoms with van der Waals surface area (Å²) in [4.78, 5) is 47.6. The van der Waals surface area contributed by atoms with Crippen molar-refractivity contribution < 1.29 is 36.7 Å². The van der Waals surface area contributed by atoms with E-state index in [1.54, 1.807) is 13.3 Å². The van der Waals surface area contributed by atoms with Crippen LogP contribution < -0.4 is 19.5 Å². The normalized spacial score (nSPS) is 31.1. The van der Waals surface area contributed by atoms with E-state index >= 15 is 0 Å². The summed E-state index contributed by atoms with van der Waals surface area (Å²) in [5.74, 6) is -0.355. The van der Waals surface area contributed by atoms with Crippen molar-refractivity contribution in [1.82, 2.24) is 19.9 Å². The van der Waals surface area contributed by atoms with Gasteiger partial charge >= 0.3 is 0 Å². The van der Waals surface area contributed by atoms with Crippen LogP contribution in [-0.2, 0) is 24.4 Å². The molecule has 0 spiro atoms. The Balaban J connectivity index is 1.27. The zero-order valence-corrected chi connectivity index (χ0v) is 28.1. The van der Waals surface area contributed by atoms with Gasteiger partial charge in [0.2, 0.25) is 27.7 Å². The van der Waals surface area contributed by atoms with E-state index in [4.69, 9.17) is 9.47 Å². The van der Waals surface area contributed by atoms with E-state index in [-0.39, 0.29) is 56.4 Å². The lowest BCUT2D eigenvalue weighted by molar-refractivity contribution is -0.140. The third kappa shape index (κ3) is 6.51. The largest absolute Gasteiger partial charge is 0.494 e. The van der Waals surface area contributed by atoms with Crippen molar-refractivity contribution in [2.24, 2.45) is 17.8 Å². The average molecular weight is 673 g/mol. The van der Waals surface area contributed by atoms with Gasteiger partial charge in [-0.3, -0.25) is 19.1 Å². The van der Waals surface area contributed by atoms with Crippen molar-refractivity contribution in [3.63, 3.8) is 0 Å². The van der Waals surface area contributed by atoms with Crippen LogP contribution in [0.1, 0.15) is 78.1 Å². The second-order valence-corrected chi connectivity index (χ2v) is 16.3. The third-order valence-electron chi connectivity index (χ3n) is 10.6. The molecule has 3 amide bonds. The van der Waals surface area contributed by atoms with Gasteiger partial charge < -0.3 is 19.7 Å². The van der Waals surface area contributed by atoms with E-state index < -0.39 is 50.9 Å². The molecular weight excluding hydrogens is 627 g/mol. The number of sulfonamides is 1. The number of pyridine rings is 1. The monoisotopic (exact) mass is 672 g/mol. The van der Waals surface area contributed by atoms with Gasteiger partial charge in [0.25, 0.3) is 5.91 Å². The first kappa shape index (κ1) is 33.4. The van der Waals surface area contributed by atoms with Gasteiger partial charge in [0, 0.05) is 23.6 Å². The zero-order valence-electron chi connectivity index (χ0n) is 27.3. The van der Waals surface area contributed by atoms with Crippen LogP contribution in [0, 0.1) is 17.8 Å². The van der Waals surface area contributed by atoms with Crippen molar-refractivity contribution in [3.05, 3.63) is 30.5 Å². The maximum absolute atomic E-state index is 14.1. The van der Waals surface area contributed by atoms with Crippen LogP contribution >= 0.6 is 0 Å². The predicted molar refractivity (Wildman–Crippen MR) is 173 cm³/mol. The second kappa shape index (κ2) is 12.9. The number of carbonyl (C=O) groups is 3. The summed E-state index contributed by atoms with van der Waals surface area (Å²) in [5, 5.41) is 4.44. The first-order valence-electron chi connectivity index (χ1n) is 16.7. The summed E-state index contributed by atoms with van der Waals surface area (Å²) in [7, 11) is -2.71. The number of aromatic nitrogens is 1. The quantitative estimate of drug-likeness (QED) is 0.449. The molecule has 0 bridgehead atoms. The zero-order chi connectivity index (χ0) is 33.6. The molecule has 47 heavy (non-hydrogen) atoms. The van der Waals surface area contributed by atoms with Crippen LogP contribution in [0.2, 0.25) is 0 Å². The van der Waals surface area contributed by atoms with E-state index in [9.17, 15) is 27.2 Å². The van der Waals surface area contributed by atoms with Crippen LogP contribution in [0.3, 0.4) is 0 Å². The van der Waals surface area contributed by atoms with Gasteiger partial charge in [-0.2, -0.15) is 0 Å². The minimum absolute atomic E-state index is 0.111. The number of hydrogen-bond donors (Lipinski definition) is 2. The number of amides is 3. The molecule has 2 aliphatic heterocycles. The third-order valence-corrected chi connectivity index (χ3v) is 12.7. The van der Waals surface area contributed by atoms with Gasteiger partial charge in [0.1, 0.15) is 34.9 Å². The minimum atomic E-state index is -4.27. The highest BCUT2D eigenvalue weighted by atomic mass is 32.2. The Kier molecular flexibility index (Phi) is 9.14. The van der Waals surface area contributed by atoms with Crippen LogP contribution in [0.25, 0.3) is 10.8 Å². The number of hydrogen-bond acceptors (Lipinski definition) is 8. The van der Waals surface area contributed by atoms with Crippen molar-refractivity contribution in [2.75, 3.05) is 20.3 Å². The summed E-state index contributed by atoms with van der Waals surface area (Å²) in [5.41, 5.74) is -1.45. The van der Waals surface area contributed by atoms with Crippen molar-refractivity contribution in [3.8, 4) is 11.6 Å². The van der Waals surface area contributed by atoms with Gasteiger partial charge in [-0.1, -0.05) is 51.3 Å². The van der Waals surface area contributed by atoms with E-state index in [0.717, 1.165) is 36.5 Å². The Morgan fingerprint density at radius 1 is 1.11 bits per heavy atom. The summed E-state index contributed by atoms with van der Waals surface area (Å²) in [6.45, 7) is 3.31. The second-order valence-electron chi connectivity index (χ2n) is 14.3. The molecule has 256 valence electrons. The molecule has 1 aromatic carbocycles. The standard InChI is InChI=1S/C34H45FN4O7S/c1-21-8-4-5-9-23-17-34(23,32(42)38-47(43,44)33(20-35)12-13-33)37-30(41)27-16-24(19-39(27)29(40)15-22(2)14-21)46-31-26-11-7-6-10-25(26)28(45-3)18-36-31/h6-7,10-11,18,21-24,27H,4-5,8-9,12-17,19-20H2,1-3H3,(H,37,41)(H,38,42). The van der Waals surface area contributed by atoms with Gasteiger partial charge in [0.15, 0.2) is 0 Å². The lowest BCUT2D eigenvalue weighted by Crippen LogP contribution is -2.57. The van der Waals surface area contributed by atoms with Crippen LogP contribution in [0.5, 0.6) is 11.6 Å². The molecule has 4 aliphatic rings. The fraction of sp³-hybridized carbons (Fsp3) is 0.647.